The molecule has 0 N–H and O–H groups in total. The fourth-order valence-corrected chi connectivity index (χ4v) is 7.99. The van der Waals surface area contributed by atoms with Crippen LogP contribution in [0, 0.1) is 6.92 Å². The predicted octanol–water partition coefficient (Wildman–Crippen LogP) is 12.8. The van der Waals surface area contributed by atoms with E-state index in [0.29, 0.717) is 0 Å². The van der Waals surface area contributed by atoms with Gasteiger partial charge in [0.05, 0.1) is 0 Å². The summed E-state index contributed by atoms with van der Waals surface area (Å²) in [5.41, 5.74) is 14.4. The molecule has 9 rings (SSSR count). The third-order valence-electron chi connectivity index (χ3n) is 10.3. The first-order chi connectivity index (χ1) is 22.5. The Morgan fingerprint density at radius 1 is 0.370 bits per heavy atom. The van der Waals surface area contributed by atoms with Gasteiger partial charge in [-0.25, -0.2) is 0 Å². The molecule has 1 aliphatic carbocycles. The van der Waals surface area contributed by atoms with Crippen molar-refractivity contribution in [2.24, 2.45) is 0 Å². The fourth-order valence-electron chi connectivity index (χ4n) is 7.99. The van der Waals surface area contributed by atoms with E-state index in [9.17, 15) is 0 Å². The first-order valence-corrected chi connectivity index (χ1v) is 16.3. The normalized spacial score (nSPS) is 13.3. The quantitative estimate of drug-likeness (QED) is 0.181. The van der Waals surface area contributed by atoms with Crippen molar-refractivity contribution in [3.05, 3.63) is 168 Å². The summed E-state index contributed by atoms with van der Waals surface area (Å²) in [5.74, 6) is 0. The van der Waals surface area contributed by atoms with Crippen LogP contribution in [-0.4, -0.2) is 0 Å². The van der Waals surface area contributed by atoms with E-state index in [1.165, 1.54) is 93.5 Å². The molecule has 0 unspecified atom stereocenters. The standard InChI is InChI=1S/C46H34/c1-29-17-23-40-41(25-29)45(35-22-24-37-36-13-9-10-16-42(36)46(2,3)43(37)28-35)39-15-8-7-14-38(39)44(40)34-21-20-32-26-31(18-19-33(32)27-34)30-11-5-4-6-12-30/h4-28H,1-3H3. The Balaban J connectivity index is 1.28. The Morgan fingerprint density at radius 3 is 1.72 bits per heavy atom. The van der Waals surface area contributed by atoms with Crippen molar-refractivity contribution in [1.29, 1.82) is 0 Å². The van der Waals surface area contributed by atoms with Crippen molar-refractivity contribution in [2.45, 2.75) is 26.2 Å². The van der Waals surface area contributed by atoms with E-state index in [1.807, 2.05) is 0 Å². The van der Waals surface area contributed by atoms with Crippen LogP contribution < -0.4 is 0 Å². The Kier molecular flexibility index (Phi) is 5.86. The van der Waals surface area contributed by atoms with Gasteiger partial charge in [-0.15, -0.1) is 0 Å². The molecule has 0 radical (unpaired) electrons. The molecule has 0 bridgehead atoms. The number of rotatable bonds is 3. The molecule has 46 heavy (non-hydrogen) atoms. The minimum atomic E-state index is -0.0468. The number of hydrogen-bond acceptors (Lipinski definition) is 0. The Bertz CT molecular complexity index is 2490. The van der Waals surface area contributed by atoms with Crippen LogP contribution in [0.1, 0.15) is 30.5 Å². The minimum Gasteiger partial charge on any atom is -0.0622 e. The van der Waals surface area contributed by atoms with Crippen molar-refractivity contribution in [3.8, 4) is 44.5 Å². The molecule has 0 nitrogen and oxygen atoms in total. The predicted molar refractivity (Wildman–Crippen MR) is 198 cm³/mol. The maximum Gasteiger partial charge on any atom is 0.0159 e. The zero-order chi connectivity index (χ0) is 31.0. The minimum absolute atomic E-state index is 0.0468. The van der Waals surface area contributed by atoms with Crippen LogP contribution >= 0.6 is 0 Å². The van der Waals surface area contributed by atoms with E-state index in [4.69, 9.17) is 0 Å². The molecule has 0 aliphatic heterocycles. The molecule has 218 valence electrons. The van der Waals surface area contributed by atoms with Gasteiger partial charge in [-0.05, 0) is 113 Å². The molecular weight excluding hydrogens is 553 g/mol. The van der Waals surface area contributed by atoms with Crippen LogP contribution in [0.15, 0.2) is 152 Å². The largest absolute Gasteiger partial charge is 0.0622 e. The van der Waals surface area contributed by atoms with Gasteiger partial charge in [0.15, 0.2) is 0 Å². The van der Waals surface area contributed by atoms with Gasteiger partial charge in [-0.2, -0.15) is 0 Å². The van der Waals surface area contributed by atoms with E-state index >= 15 is 0 Å². The molecule has 8 aromatic carbocycles. The molecule has 0 saturated carbocycles. The monoisotopic (exact) mass is 586 g/mol. The van der Waals surface area contributed by atoms with Crippen molar-refractivity contribution < 1.29 is 0 Å². The van der Waals surface area contributed by atoms with Crippen LogP contribution in [0.4, 0.5) is 0 Å². The van der Waals surface area contributed by atoms with E-state index in [2.05, 4.69) is 172 Å². The lowest BCUT2D eigenvalue weighted by Crippen LogP contribution is -2.14. The van der Waals surface area contributed by atoms with Crippen LogP contribution in [0.2, 0.25) is 0 Å². The lowest BCUT2D eigenvalue weighted by atomic mass is 9.80. The van der Waals surface area contributed by atoms with Crippen molar-refractivity contribution in [3.63, 3.8) is 0 Å². The van der Waals surface area contributed by atoms with E-state index in [1.54, 1.807) is 0 Å². The molecular formula is C46H34. The van der Waals surface area contributed by atoms with Gasteiger partial charge in [-0.1, -0.05) is 153 Å². The van der Waals surface area contributed by atoms with E-state index < -0.39 is 0 Å². The molecule has 0 fully saturated rings. The first kappa shape index (κ1) is 26.9. The number of fused-ring (bicyclic) bond motifs is 6. The average molecular weight is 587 g/mol. The third kappa shape index (κ3) is 4.00. The summed E-state index contributed by atoms with van der Waals surface area (Å²) in [6, 6.07) is 56.5. The molecule has 0 aromatic heterocycles. The molecule has 0 amide bonds. The molecule has 1 aliphatic rings. The lowest BCUT2D eigenvalue weighted by molar-refractivity contribution is 0.660. The molecule has 8 aromatic rings. The number of hydrogen-bond donors (Lipinski definition) is 0. The highest BCUT2D eigenvalue weighted by Gasteiger charge is 2.35. The van der Waals surface area contributed by atoms with E-state index in [0.717, 1.165) is 0 Å². The summed E-state index contributed by atoms with van der Waals surface area (Å²) in [6.07, 6.45) is 0. The zero-order valence-electron chi connectivity index (χ0n) is 26.4. The molecule has 0 atom stereocenters. The van der Waals surface area contributed by atoms with Crippen molar-refractivity contribution >= 4 is 32.3 Å². The third-order valence-corrected chi connectivity index (χ3v) is 10.3. The van der Waals surface area contributed by atoms with Gasteiger partial charge in [0.2, 0.25) is 0 Å². The molecule has 0 heteroatoms. The average Bonchev–Trinajstić information content (AvgIpc) is 3.32. The van der Waals surface area contributed by atoms with Crippen molar-refractivity contribution in [1.82, 2.24) is 0 Å². The Morgan fingerprint density at radius 2 is 0.935 bits per heavy atom. The lowest BCUT2D eigenvalue weighted by Gasteiger charge is -2.23. The maximum atomic E-state index is 2.47. The highest BCUT2D eigenvalue weighted by atomic mass is 14.4. The Labute approximate surface area is 270 Å². The molecule has 0 saturated heterocycles. The molecule has 0 spiro atoms. The van der Waals surface area contributed by atoms with Gasteiger partial charge >= 0.3 is 0 Å². The highest BCUT2D eigenvalue weighted by Crippen LogP contribution is 2.51. The summed E-state index contributed by atoms with van der Waals surface area (Å²) < 4.78 is 0. The van der Waals surface area contributed by atoms with Crippen LogP contribution in [0.5, 0.6) is 0 Å². The van der Waals surface area contributed by atoms with Gasteiger partial charge in [-0.3, -0.25) is 0 Å². The summed E-state index contributed by atoms with van der Waals surface area (Å²) in [7, 11) is 0. The second-order valence-electron chi connectivity index (χ2n) is 13.4. The smallest absolute Gasteiger partial charge is 0.0159 e. The SMILES string of the molecule is Cc1ccc2c(-c3ccc4cc(-c5ccccc5)ccc4c3)c3ccccc3c(-c3ccc4c(c3)C(C)(C)c3ccccc3-4)c2c1. The van der Waals surface area contributed by atoms with Crippen molar-refractivity contribution in [2.75, 3.05) is 0 Å². The van der Waals surface area contributed by atoms with Gasteiger partial charge in [0.1, 0.15) is 0 Å². The zero-order valence-corrected chi connectivity index (χ0v) is 26.4. The Hall–Kier alpha value is -5.46. The first-order valence-electron chi connectivity index (χ1n) is 16.3. The summed E-state index contributed by atoms with van der Waals surface area (Å²) in [6.45, 7) is 6.95. The topological polar surface area (TPSA) is 0 Å². The fraction of sp³-hybridized carbons (Fsp3) is 0.0870. The summed E-state index contributed by atoms with van der Waals surface area (Å²) >= 11 is 0. The number of aryl methyl sites for hydroxylation is 1. The van der Waals surface area contributed by atoms with Crippen LogP contribution in [-0.2, 0) is 5.41 Å². The van der Waals surface area contributed by atoms with E-state index in [-0.39, 0.29) is 5.41 Å². The molecule has 0 heterocycles. The van der Waals surface area contributed by atoms with Gasteiger partial charge < -0.3 is 0 Å². The second-order valence-corrected chi connectivity index (χ2v) is 13.4. The second kappa shape index (κ2) is 10.0. The summed E-state index contributed by atoms with van der Waals surface area (Å²) in [4.78, 5) is 0. The maximum absolute atomic E-state index is 2.47. The van der Waals surface area contributed by atoms with Gasteiger partial charge in [0.25, 0.3) is 0 Å². The summed E-state index contributed by atoms with van der Waals surface area (Å²) in [5, 5.41) is 7.70. The number of benzene rings is 8. The van der Waals surface area contributed by atoms with Crippen LogP contribution in [0.25, 0.3) is 76.8 Å². The highest BCUT2D eigenvalue weighted by molar-refractivity contribution is 6.22. The van der Waals surface area contributed by atoms with Gasteiger partial charge in [0, 0.05) is 5.41 Å². The van der Waals surface area contributed by atoms with Crippen LogP contribution in [0.3, 0.4) is 0 Å².